The number of hydrogen-bond donors (Lipinski definition) is 3. The minimum atomic E-state index is -0.491. The molecular formula is C20H18BrN3O4. The van der Waals surface area contributed by atoms with Crippen LogP contribution in [0.1, 0.15) is 27.1 Å². The van der Waals surface area contributed by atoms with Gasteiger partial charge in [-0.1, -0.05) is 22.0 Å². The van der Waals surface area contributed by atoms with E-state index in [4.69, 9.17) is 4.42 Å². The fourth-order valence-corrected chi connectivity index (χ4v) is 2.95. The van der Waals surface area contributed by atoms with E-state index in [1.54, 1.807) is 36.4 Å². The minimum Gasteiger partial charge on any atom is -0.463 e. The summed E-state index contributed by atoms with van der Waals surface area (Å²) in [4.78, 5) is 38.9. The maximum Gasteiger partial charge on any atom is 0.261 e. The lowest BCUT2D eigenvalue weighted by Gasteiger charge is -2.07. The Morgan fingerprint density at radius 2 is 1.79 bits per heavy atom. The van der Waals surface area contributed by atoms with Crippen molar-refractivity contribution >= 4 is 27.7 Å². The molecule has 0 aliphatic heterocycles. The summed E-state index contributed by atoms with van der Waals surface area (Å²) in [6.45, 7) is 0.733. The van der Waals surface area contributed by atoms with E-state index in [1.807, 2.05) is 6.07 Å². The molecule has 28 heavy (non-hydrogen) atoms. The quantitative estimate of drug-likeness (QED) is 0.488. The first-order valence-corrected chi connectivity index (χ1v) is 9.43. The first-order valence-electron chi connectivity index (χ1n) is 8.64. The van der Waals surface area contributed by atoms with Crippen molar-refractivity contribution < 1.29 is 14.0 Å². The Balaban J connectivity index is 1.46. The predicted octanol–water partition coefficient (Wildman–Crippen LogP) is 2.95. The Morgan fingerprint density at radius 3 is 2.46 bits per heavy atom. The zero-order valence-electron chi connectivity index (χ0n) is 14.8. The molecule has 1 aromatic carbocycles. The number of amides is 2. The van der Waals surface area contributed by atoms with Gasteiger partial charge in [-0.25, -0.2) is 0 Å². The minimum absolute atomic E-state index is 0.0217. The third-order valence-electron chi connectivity index (χ3n) is 3.95. The number of rotatable bonds is 7. The third-order valence-corrected chi connectivity index (χ3v) is 4.45. The number of carbonyl (C=O) groups excluding carboxylic acids is 2. The van der Waals surface area contributed by atoms with Gasteiger partial charge in [0.15, 0.2) is 0 Å². The van der Waals surface area contributed by atoms with Crippen LogP contribution in [-0.2, 0) is 0 Å². The van der Waals surface area contributed by atoms with Crippen LogP contribution in [-0.4, -0.2) is 29.9 Å². The van der Waals surface area contributed by atoms with Crippen molar-refractivity contribution in [2.45, 2.75) is 6.42 Å². The van der Waals surface area contributed by atoms with Gasteiger partial charge in [0.1, 0.15) is 11.3 Å². The molecule has 0 saturated carbocycles. The standard InChI is InChI=1S/C20H18BrN3O4/c21-14-5-1-4-13(12-14)18(25)22-9-3-10-23-19(26)15-7-8-16(24-20(15)27)17-6-2-11-28-17/h1-2,4-8,11-12H,3,9-10H2,(H,22,25)(H,23,26)(H,24,27). The lowest BCUT2D eigenvalue weighted by molar-refractivity contribution is 0.0951. The highest BCUT2D eigenvalue weighted by molar-refractivity contribution is 9.10. The van der Waals surface area contributed by atoms with E-state index in [-0.39, 0.29) is 11.5 Å². The van der Waals surface area contributed by atoms with Crippen molar-refractivity contribution in [2.24, 2.45) is 0 Å². The second-order valence-electron chi connectivity index (χ2n) is 5.97. The molecule has 0 atom stereocenters. The number of carbonyl (C=O) groups is 2. The van der Waals surface area contributed by atoms with E-state index in [0.717, 1.165) is 4.47 Å². The van der Waals surface area contributed by atoms with Crippen LogP contribution in [0.5, 0.6) is 0 Å². The molecule has 7 nitrogen and oxygen atoms in total. The van der Waals surface area contributed by atoms with E-state index in [1.165, 1.54) is 12.3 Å². The summed E-state index contributed by atoms with van der Waals surface area (Å²) < 4.78 is 6.05. The van der Waals surface area contributed by atoms with Gasteiger partial charge in [0.25, 0.3) is 17.4 Å². The molecule has 3 rings (SSSR count). The molecular weight excluding hydrogens is 426 g/mol. The fraction of sp³-hybridized carbons (Fsp3) is 0.150. The van der Waals surface area contributed by atoms with E-state index >= 15 is 0 Å². The predicted molar refractivity (Wildman–Crippen MR) is 108 cm³/mol. The van der Waals surface area contributed by atoms with Crippen LogP contribution in [0.2, 0.25) is 0 Å². The summed E-state index contributed by atoms with van der Waals surface area (Å²) in [5.41, 5.74) is 0.589. The Hall–Kier alpha value is -3.13. The zero-order chi connectivity index (χ0) is 19.9. The summed E-state index contributed by atoms with van der Waals surface area (Å²) in [6.07, 6.45) is 2.04. The number of pyridine rings is 1. The number of aromatic amines is 1. The van der Waals surface area contributed by atoms with Crippen LogP contribution in [0.3, 0.4) is 0 Å². The van der Waals surface area contributed by atoms with Gasteiger partial charge in [0.05, 0.1) is 12.0 Å². The van der Waals surface area contributed by atoms with Gasteiger partial charge < -0.3 is 20.0 Å². The summed E-state index contributed by atoms with van der Waals surface area (Å²) in [5.74, 6) is -0.131. The van der Waals surface area contributed by atoms with Crippen molar-refractivity contribution in [3.05, 3.63) is 80.7 Å². The summed E-state index contributed by atoms with van der Waals surface area (Å²) >= 11 is 3.32. The zero-order valence-corrected chi connectivity index (χ0v) is 16.4. The second kappa shape index (κ2) is 9.18. The largest absolute Gasteiger partial charge is 0.463 e. The molecule has 0 aliphatic carbocycles. The fourth-order valence-electron chi connectivity index (χ4n) is 2.55. The first kappa shape index (κ1) is 19.6. The molecule has 0 spiro atoms. The number of H-pyrrole nitrogens is 1. The van der Waals surface area contributed by atoms with E-state index in [0.29, 0.717) is 36.5 Å². The van der Waals surface area contributed by atoms with Gasteiger partial charge >= 0.3 is 0 Å². The maximum atomic E-state index is 12.2. The summed E-state index contributed by atoms with van der Waals surface area (Å²) in [6, 6.07) is 13.6. The number of furan rings is 1. The molecule has 2 amide bonds. The monoisotopic (exact) mass is 443 g/mol. The second-order valence-corrected chi connectivity index (χ2v) is 6.88. The number of halogens is 1. The Bertz CT molecular complexity index is 1030. The third kappa shape index (κ3) is 4.98. The van der Waals surface area contributed by atoms with E-state index < -0.39 is 11.5 Å². The Labute approximate surface area is 169 Å². The molecule has 0 radical (unpaired) electrons. The summed E-state index contributed by atoms with van der Waals surface area (Å²) in [5, 5.41) is 5.46. The smallest absolute Gasteiger partial charge is 0.261 e. The van der Waals surface area contributed by atoms with Crippen molar-refractivity contribution in [3.8, 4) is 11.5 Å². The molecule has 3 aromatic rings. The van der Waals surface area contributed by atoms with Crippen molar-refractivity contribution in [1.82, 2.24) is 15.6 Å². The van der Waals surface area contributed by atoms with Crippen molar-refractivity contribution in [2.75, 3.05) is 13.1 Å². The van der Waals surface area contributed by atoms with Gasteiger partial charge in [-0.3, -0.25) is 14.4 Å². The molecule has 0 saturated heterocycles. The normalized spacial score (nSPS) is 10.5. The highest BCUT2D eigenvalue weighted by Crippen LogP contribution is 2.15. The molecule has 8 heteroatoms. The molecule has 0 unspecified atom stereocenters. The van der Waals surface area contributed by atoms with Gasteiger partial charge in [-0.2, -0.15) is 0 Å². The Kier molecular flexibility index (Phi) is 6.44. The number of aromatic nitrogens is 1. The number of benzene rings is 1. The molecule has 3 N–H and O–H groups in total. The van der Waals surface area contributed by atoms with Gasteiger partial charge in [-0.05, 0) is 48.9 Å². The highest BCUT2D eigenvalue weighted by Gasteiger charge is 2.12. The first-order chi connectivity index (χ1) is 13.5. The van der Waals surface area contributed by atoms with Crippen molar-refractivity contribution in [3.63, 3.8) is 0 Å². The summed E-state index contributed by atoms with van der Waals surface area (Å²) in [7, 11) is 0. The van der Waals surface area contributed by atoms with E-state index in [9.17, 15) is 14.4 Å². The average Bonchev–Trinajstić information content (AvgIpc) is 3.22. The van der Waals surface area contributed by atoms with Crippen LogP contribution in [0, 0.1) is 0 Å². The molecule has 0 fully saturated rings. The highest BCUT2D eigenvalue weighted by atomic mass is 79.9. The molecule has 144 valence electrons. The van der Waals surface area contributed by atoms with Crippen LogP contribution < -0.4 is 16.2 Å². The number of nitrogens with one attached hydrogen (secondary N) is 3. The number of hydrogen-bond acceptors (Lipinski definition) is 4. The Morgan fingerprint density at radius 1 is 1.00 bits per heavy atom. The molecule has 2 aromatic heterocycles. The van der Waals surface area contributed by atoms with Crippen molar-refractivity contribution in [1.29, 1.82) is 0 Å². The van der Waals surface area contributed by atoms with Gasteiger partial charge in [-0.15, -0.1) is 0 Å². The van der Waals surface area contributed by atoms with Crippen LogP contribution in [0.15, 0.2) is 68.5 Å². The SMILES string of the molecule is O=C(NCCCNC(=O)c1ccc(-c2ccco2)[nH]c1=O)c1cccc(Br)c1. The topological polar surface area (TPSA) is 104 Å². The van der Waals surface area contributed by atoms with Crippen LogP contribution in [0.4, 0.5) is 0 Å². The molecule has 0 aliphatic rings. The maximum absolute atomic E-state index is 12.2. The lowest BCUT2D eigenvalue weighted by Crippen LogP contribution is -2.32. The molecule has 0 bridgehead atoms. The lowest BCUT2D eigenvalue weighted by atomic mass is 10.2. The van der Waals surface area contributed by atoms with Gasteiger partial charge in [0, 0.05) is 23.1 Å². The average molecular weight is 444 g/mol. The van der Waals surface area contributed by atoms with E-state index in [2.05, 4.69) is 31.5 Å². The molecule has 2 heterocycles. The van der Waals surface area contributed by atoms with Crippen LogP contribution in [0.25, 0.3) is 11.5 Å². The van der Waals surface area contributed by atoms with Gasteiger partial charge in [0.2, 0.25) is 0 Å². The van der Waals surface area contributed by atoms with Crippen LogP contribution >= 0.6 is 15.9 Å².